The number of ether oxygens (including phenoxy) is 2. The standard InChI is InChI=1S/C25H30O7/c1-6-20(27)16(13(2)26)10-17-14-7-8-15(9-14)18(17)11-19(25(3,4)5)23(29)31-21-12-22(28)32-24(21)30/h6,11,14-16,21H,1,7-10,12H2,2-5H3. The van der Waals surface area contributed by atoms with Crippen molar-refractivity contribution in [3.05, 3.63) is 35.5 Å². The van der Waals surface area contributed by atoms with E-state index in [1.54, 1.807) is 0 Å². The predicted molar refractivity (Wildman–Crippen MR) is 115 cm³/mol. The number of ketones is 2. The smallest absolute Gasteiger partial charge is 0.355 e. The topological polar surface area (TPSA) is 104 Å². The second-order valence-electron chi connectivity index (χ2n) is 9.86. The highest BCUT2D eigenvalue weighted by Gasteiger charge is 2.42. The fraction of sp³-hybridized carbons (Fsp3) is 0.560. The van der Waals surface area contributed by atoms with E-state index >= 15 is 0 Å². The van der Waals surface area contributed by atoms with Crippen LogP contribution in [0.15, 0.2) is 35.5 Å². The molecule has 0 spiro atoms. The van der Waals surface area contributed by atoms with Crippen molar-refractivity contribution in [2.45, 2.75) is 65.9 Å². The molecular weight excluding hydrogens is 412 g/mol. The predicted octanol–water partition coefficient (Wildman–Crippen LogP) is 3.42. The Balaban J connectivity index is 1.96. The lowest BCUT2D eigenvalue weighted by molar-refractivity contribution is -0.161. The average molecular weight is 443 g/mol. The van der Waals surface area contributed by atoms with E-state index < -0.39 is 35.3 Å². The molecule has 0 aromatic carbocycles. The van der Waals surface area contributed by atoms with Gasteiger partial charge in [0, 0.05) is 5.57 Å². The summed E-state index contributed by atoms with van der Waals surface area (Å²) in [5.41, 5.74) is 1.80. The number of hydrogen-bond donors (Lipinski definition) is 0. The number of rotatable bonds is 8. The molecule has 0 amide bonds. The van der Waals surface area contributed by atoms with Gasteiger partial charge in [0.15, 0.2) is 5.78 Å². The van der Waals surface area contributed by atoms with Crippen LogP contribution in [-0.2, 0) is 33.4 Å². The van der Waals surface area contributed by atoms with Gasteiger partial charge in [-0.2, -0.15) is 0 Å². The molecule has 2 bridgehead atoms. The molecule has 1 saturated heterocycles. The van der Waals surface area contributed by atoms with Crippen LogP contribution in [-0.4, -0.2) is 35.6 Å². The third-order valence-electron chi connectivity index (χ3n) is 6.60. The van der Waals surface area contributed by atoms with Crippen LogP contribution in [0, 0.1) is 23.2 Å². The van der Waals surface area contributed by atoms with Crippen molar-refractivity contribution >= 4 is 29.5 Å². The van der Waals surface area contributed by atoms with E-state index in [1.165, 1.54) is 13.0 Å². The molecule has 4 unspecified atom stereocenters. The molecule has 0 aromatic rings. The molecule has 2 fully saturated rings. The Kier molecular flexibility index (Phi) is 6.67. The quantitative estimate of drug-likeness (QED) is 0.322. The summed E-state index contributed by atoms with van der Waals surface area (Å²) in [6.07, 6.45) is 4.72. The van der Waals surface area contributed by atoms with Crippen LogP contribution >= 0.6 is 0 Å². The molecule has 32 heavy (non-hydrogen) atoms. The van der Waals surface area contributed by atoms with E-state index in [9.17, 15) is 24.0 Å². The van der Waals surface area contributed by atoms with Gasteiger partial charge in [-0.25, -0.2) is 9.59 Å². The van der Waals surface area contributed by atoms with Crippen LogP contribution in [0.2, 0.25) is 0 Å². The molecule has 3 aliphatic rings. The second kappa shape index (κ2) is 8.96. The first kappa shape index (κ1) is 23.8. The van der Waals surface area contributed by atoms with E-state index in [4.69, 9.17) is 4.74 Å². The Hall–Kier alpha value is -2.83. The Morgan fingerprint density at radius 3 is 2.38 bits per heavy atom. The maximum atomic E-state index is 13.0. The van der Waals surface area contributed by atoms with Crippen LogP contribution in [0.3, 0.4) is 0 Å². The summed E-state index contributed by atoms with van der Waals surface area (Å²) >= 11 is 0. The van der Waals surface area contributed by atoms with E-state index in [2.05, 4.69) is 11.3 Å². The molecule has 3 rings (SSSR count). The van der Waals surface area contributed by atoms with Crippen molar-refractivity contribution in [2.75, 3.05) is 0 Å². The van der Waals surface area contributed by atoms with E-state index in [0.29, 0.717) is 12.0 Å². The first-order chi connectivity index (χ1) is 14.9. The van der Waals surface area contributed by atoms with Gasteiger partial charge in [-0.3, -0.25) is 14.4 Å². The number of hydrogen-bond acceptors (Lipinski definition) is 7. The largest absolute Gasteiger partial charge is 0.446 e. The number of esters is 3. The van der Waals surface area contributed by atoms with Gasteiger partial charge in [0.2, 0.25) is 6.10 Å². The number of carbonyl (C=O) groups excluding carboxylic acids is 5. The summed E-state index contributed by atoms with van der Waals surface area (Å²) in [6, 6.07) is 0. The van der Waals surface area contributed by atoms with Crippen LogP contribution < -0.4 is 0 Å². The van der Waals surface area contributed by atoms with E-state index in [-0.39, 0.29) is 29.8 Å². The van der Waals surface area contributed by atoms with Crippen molar-refractivity contribution in [3.63, 3.8) is 0 Å². The zero-order valence-electron chi connectivity index (χ0n) is 19.1. The molecule has 1 heterocycles. The molecule has 1 aliphatic heterocycles. The minimum Gasteiger partial charge on any atom is -0.446 e. The second-order valence-corrected chi connectivity index (χ2v) is 9.86. The molecule has 0 radical (unpaired) electrons. The summed E-state index contributed by atoms with van der Waals surface area (Å²) < 4.78 is 9.81. The van der Waals surface area contributed by atoms with Gasteiger partial charge in [-0.15, -0.1) is 0 Å². The van der Waals surface area contributed by atoms with Gasteiger partial charge in [0.1, 0.15) is 5.78 Å². The Bertz CT molecular complexity index is 944. The summed E-state index contributed by atoms with van der Waals surface area (Å²) in [7, 11) is 0. The molecule has 7 heteroatoms. The van der Waals surface area contributed by atoms with Crippen molar-refractivity contribution in [1.29, 1.82) is 0 Å². The number of Topliss-reactive ketones (excluding diaryl/α,β-unsaturated/α-hetero) is 1. The van der Waals surface area contributed by atoms with Gasteiger partial charge in [-0.05, 0) is 67.6 Å². The highest BCUT2D eigenvalue weighted by molar-refractivity contribution is 6.06. The molecule has 2 aliphatic carbocycles. The first-order valence-corrected chi connectivity index (χ1v) is 11.0. The van der Waals surface area contributed by atoms with E-state index in [1.807, 2.05) is 26.8 Å². The van der Waals surface area contributed by atoms with Gasteiger partial charge in [0.25, 0.3) is 0 Å². The maximum absolute atomic E-state index is 13.0. The molecular formula is C25H30O7. The van der Waals surface area contributed by atoms with Gasteiger partial charge in [0.05, 0.1) is 12.3 Å². The SMILES string of the molecule is C=CC(=O)C(CC1=C(C=C(C(=O)OC2CC(=O)OC2=O)C(C)(C)C)C2CCC1C2)C(C)=O. The zero-order valence-corrected chi connectivity index (χ0v) is 19.1. The van der Waals surface area contributed by atoms with Crippen molar-refractivity contribution in [3.8, 4) is 0 Å². The maximum Gasteiger partial charge on any atom is 0.355 e. The minimum atomic E-state index is -1.23. The number of cyclic esters (lactones) is 2. The molecule has 172 valence electrons. The van der Waals surface area contributed by atoms with E-state index in [0.717, 1.165) is 30.4 Å². The van der Waals surface area contributed by atoms with Gasteiger partial charge in [-0.1, -0.05) is 32.9 Å². The van der Waals surface area contributed by atoms with Gasteiger partial charge >= 0.3 is 17.9 Å². The monoisotopic (exact) mass is 442 g/mol. The van der Waals surface area contributed by atoms with Crippen molar-refractivity contribution < 1.29 is 33.4 Å². The number of carbonyl (C=O) groups is 5. The third-order valence-corrected chi connectivity index (χ3v) is 6.60. The lowest BCUT2D eigenvalue weighted by atomic mass is 9.80. The van der Waals surface area contributed by atoms with Crippen LogP contribution in [0.25, 0.3) is 0 Å². The Morgan fingerprint density at radius 1 is 1.19 bits per heavy atom. The first-order valence-electron chi connectivity index (χ1n) is 11.0. The van der Waals surface area contributed by atoms with Gasteiger partial charge < -0.3 is 9.47 Å². The van der Waals surface area contributed by atoms with Crippen molar-refractivity contribution in [1.82, 2.24) is 0 Å². The minimum absolute atomic E-state index is 0.201. The van der Waals surface area contributed by atoms with Crippen molar-refractivity contribution in [2.24, 2.45) is 23.2 Å². The summed E-state index contributed by atoms with van der Waals surface area (Å²) in [4.78, 5) is 60.5. The Labute approximate surface area is 187 Å². The number of allylic oxidation sites excluding steroid dienone is 4. The molecule has 7 nitrogen and oxygen atoms in total. The number of fused-ring (bicyclic) bond motifs is 2. The Morgan fingerprint density at radius 2 is 1.84 bits per heavy atom. The highest BCUT2D eigenvalue weighted by Crippen LogP contribution is 2.52. The van der Waals surface area contributed by atoms with Crippen LogP contribution in [0.1, 0.15) is 59.8 Å². The van der Waals surface area contributed by atoms with Crippen LogP contribution in [0.4, 0.5) is 0 Å². The summed E-state index contributed by atoms with van der Waals surface area (Å²) in [5.74, 6) is -2.97. The zero-order chi connectivity index (χ0) is 23.8. The summed E-state index contributed by atoms with van der Waals surface area (Å²) in [5, 5.41) is 0. The molecule has 0 N–H and O–H groups in total. The molecule has 1 saturated carbocycles. The van der Waals surface area contributed by atoms with Crippen LogP contribution in [0.5, 0.6) is 0 Å². The lowest BCUT2D eigenvalue weighted by Gasteiger charge is -2.26. The normalized spacial score (nSPS) is 26.2. The lowest BCUT2D eigenvalue weighted by Crippen LogP contribution is -2.28. The fourth-order valence-electron chi connectivity index (χ4n) is 4.85. The molecule has 4 atom stereocenters. The summed E-state index contributed by atoms with van der Waals surface area (Å²) in [6.45, 7) is 10.5. The average Bonchev–Trinajstić information content (AvgIpc) is 3.37. The third kappa shape index (κ3) is 4.81. The fourth-order valence-corrected chi connectivity index (χ4v) is 4.85. The molecule has 0 aromatic heterocycles. The highest BCUT2D eigenvalue weighted by atomic mass is 16.6.